The molecule has 0 radical (unpaired) electrons. The van der Waals surface area contributed by atoms with Gasteiger partial charge in [-0.05, 0) is 30.7 Å². The van der Waals surface area contributed by atoms with Crippen LogP contribution in [-0.2, 0) is 10.3 Å². The van der Waals surface area contributed by atoms with Gasteiger partial charge in [-0.1, -0.05) is 30.3 Å². The Labute approximate surface area is 156 Å². The molecule has 0 aliphatic carbocycles. The van der Waals surface area contributed by atoms with E-state index < -0.39 is 17.5 Å². The van der Waals surface area contributed by atoms with Crippen molar-refractivity contribution in [2.75, 3.05) is 20.8 Å². The third-order valence-corrected chi connectivity index (χ3v) is 4.63. The number of rotatable bonds is 6. The van der Waals surface area contributed by atoms with Crippen LogP contribution in [0.25, 0.3) is 0 Å². The van der Waals surface area contributed by atoms with E-state index >= 15 is 0 Å². The first-order valence-electron chi connectivity index (χ1n) is 8.35. The zero-order valence-electron chi connectivity index (χ0n) is 15.3. The molecule has 3 amide bonds. The molecule has 0 spiro atoms. The first-order valence-corrected chi connectivity index (χ1v) is 8.35. The molecule has 7 heteroatoms. The molecule has 0 unspecified atom stereocenters. The Morgan fingerprint density at radius 1 is 1.04 bits per heavy atom. The van der Waals surface area contributed by atoms with Crippen LogP contribution in [0.1, 0.15) is 22.8 Å². The van der Waals surface area contributed by atoms with E-state index in [2.05, 4.69) is 5.32 Å². The normalized spacial score (nSPS) is 19.0. The topological polar surface area (TPSA) is 84.9 Å². The number of nitrogens with zero attached hydrogens (tertiary/aromatic N) is 1. The van der Waals surface area contributed by atoms with Crippen LogP contribution < -0.4 is 14.8 Å². The first kappa shape index (κ1) is 18.4. The number of ketones is 1. The van der Waals surface area contributed by atoms with Gasteiger partial charge < -0.3 is 14.8 Å². The molecule has 7 nitrogen and oxygen atoms in total. The molecule has 1 saturated heterocycles. The van der Waals surface area contributed by atoms with Crippen molar-refractivity contribution in [1.29, 1.82) is 0 Å². The number of ether oxygens (including phenoxy) is 2. The van der Waals surface area contributed by atoms with Crippen LogP contribution in [0, 0.1) is 0 Å². The first-order chi connectivity index (χ1) is 12.9. The summed E-state index contributed by atoms with van der Waals surface area (Å²) in [6.07, 6.45) is 0. The number of benzene rings is 2. The lowest BCUT2D eigenvalue weighted by Crippen LogP contribution is -2.41. The number of carbonyl (C=O) groups is 3. The summed E-state index contributed by atoms with van der Waals surface area (Å²) in [7, 11) is 2.96. The predicted molar refractivity (Wildman–Crippen MR) is 97.9 cm³/mol. The molecule has 2 aromatic rings. The van der Waals surface area contributed by atoms with E-state index in [0.29, 0.717) is 22.6 Å². The maximum absolute atomic E-state index is 12.9. The van der Waals surface area contributed by atoms with E-state index in [0.717, 1.165) is 4.90 Å². The van der Waals surface area contributed by atoms with E-state index in [1.165, 1.54) is 20.3 Å². The second-order valence-corrected chi connectivity index (χ2v) is 6.31. The molecule has 27 heavy (non-hydrogen) atoms. The van der Waals surface area contributed by atoms with Gasteiger partial charge in [-0.2, -0.15) is 0 Å². The Bertz CT molecular complexity index is 897. The summed E-state index contributed by atoms with van der Waals surface area (Å²) in [5.74, 6) is 0.0414. The second-order valence-electron chi connectivity index (χ2n) is 6.31. The van der Waals surface area contributed by atoms with Gasteiger partial charge in [-0.25, -0.2) is 4.79 Å². The maximum atomic E-state index is 12.9. The number of urea groups is 1. The number of hydrogen-bond donors (Lipinski definition) is 1. The van der Waals surface area contributed by atoms with Crippen molar-refractivity contribution in [3.8, 4) is 11.5 Å². The smallest absolute Gasteiger partial charge is 0.325 e. The minimum Gasteiger partial charge on any atom is -0.493 e. The van der Waals surface area contributed by atoms with E-state index in [4.69, 9.17) is 9.47 Å². The Hall–Kier alpha value is -3.35. The largest absolute Gasteiger partial charge is 0.493 e. The van der Waals surface area contributed by atoms with Crippen molar-refractivity contribution in [3.63, 3.8) is 0 Å². The molecule has 1 aliphatic heterocycles. The zero-order valence-corrected chi connectivity index (χ0v) is 15.3. The van der Waals surface area contributed by atoms with Crippen LogP contribution in [0.15, 0.2) is 48.5 Å². The Morgan fingerprint density at radius 3 is 2.33 bits per heavy atom. The fourth-order valence-corrected chi connectivity index (χ4v) is 3.05. The number of amides is 3. The predicted octanol–water partition coefficient (Wildman–Crippen LogP) is 2.35. The summed E-state index contributed by atoms with van der Waals surface area (Å²) < 4.78 is 10.3. The molecule has 2 aromatic carbocycles. The molecule has 1 N–H and O–H groups in total. The van der Waals surface area contributed by atoms with Crippen LogP contribution in [0.5, 0.6) is 11.5 Å². The van der Waals surface area contributed by atoms with Gasteiger partial charge in [-0.15, -0.1) is 0 Å². The Morgan fingerprint density at radius 2 is 1.70 bits per heavy atom. The van der Waals surface area contributed by atoms with Crippen molar-refractivity contribution in [1.82, 2.24) is 10.2 Å². The highest BCUT2D eigenvalue weighted by Crippen LogP contribution is 2.30. The molecule has 0 bridgehead atoms. The number of methoxy groups -OCH3 is 2. The van der Waals surface area contributed by atoms with Crippen molar-refractivity contribution >= 4 is 17.7 Å². The Balaban J connectivity index is 1.83. The van der Waals surface area contributed by atoms with E-state index in [1.54, 1.807) is 43.3 Å². The van der Waals surface area contributed by atoms with E-state index in [-0.39, 0.29) is 12.3 Å². The fraction of sp³-hybridized carbons (Fsp3) is 0.250. The van der Waals surface area contributed by atoms with Crippen LogP contribution in [0.4, 0.5) is 4.79 Å². The second kappa shape index (κ2) is 7.11. The number of hydrogen-bond acceptors (Lipinski definition) is 5. The van der Waals surface area contributed by atoms with Gasteiger partial charge in [0.15, 0.2) is 17.3 Å². The van der Waals surface area contributed by atoms with Crippen LogP contribution >= 0.6 is 0 Å². The summed E-state index contributed by atoms with van der Waals surface area (Å²) in [6, 6.07) is 13.0. The summed E-state index contributed by atoms with van der Waals surface area (Å²) >= 11 is 0. The van der Waals surface area contributed by atoms with Crippen molar-refractivity contribution < 1.29 is 23.9 Å². The fourth-order valence-electron chi connectivity index (χ4n) is 3.05. The molecule has 1 fully saturated rings. The standard InChI is InChI=1S/C20H20N2O5/c1-20(14-7-5-4-6-8-14)18(24)22(19(25)21-20)12-15(23)13-9-10-16(26-2)17(11-13)27-3/h4-11H,12H2,1-3H3,(H,21,25)/t20-/m0/s1. The molecule has 1 atom stereocenters. The molecule has 0 saturated carbocycles. The summed E-state index contributed by atoms with van der Waals surface area (Å²) in [6.45, 7) is 1.27. The van der Waals surface area contributed by atoms with Crippen molar-refractivity contribution in [2.45, 2.75) is 12.5 Å². The lowest BCUT2D eigenvalue weighted by Gasteiger charge is -2.22. The van der Waals surface area contributed by atoms with Gasteiger partial charge in [0.05, 0.1) is 20.8 Å². The molecular weight excluding hydrogens is 348 g/mol. The van der Waals surface area contributed by atoms with Gasteiger partial charge in [-0.3, -0.25) is 14.5 Å². The lowest BCUT2D eigenvalue weighted by atomic mass is 9.92. The highest BCUT2D eigenvalue weighted by atomic mass is 16.5. The van der Waals surface area contributed by atoms with Crippen LogP contribution in [0.3, 0.4) is 0 Å². The summed E-state index contributed by atoms with van der Waals surface area (Å²) in [5, 5.41) is 2.68. The third-order valence-electron chi connectivity index (χ3n) is 4.63. The van der Waals surface area contributed by atoms with Gasteiger partial charge in [0, 0.05) is 5.56 Å². The van der Waals surface area contributed by atoms with Crippen molar-refractivity contribution in [2.24, 2.45) is 0 Å². The van der Waals surface area contributed by atoms with E-state index in [9.17, 15) is 14.4 Å². The monoisotopic (exact) mass is 368 g/mol. The summed E-state index contributed by atoms with van der Waals surface area (Å²) in [4.78, 5) is 38.8. The van der Waals surface area contributed by atoms with Crippen LogP contribution in [-0.4, -0.2) is 43.4 Å². The molecular formula is C20H20N2O5. The average molecular weight is 368 g/mol. The molecule has 140 valence electrons. The number of carbonyl (C=O) groups excluding carboxylic acids is 3. The quantitative estimate of drug-likeness (QED) is 0.625. The van der Waals surface area contributed by atoms with Gasteiger partial charge in [0.2, 0.25) is 0 Å². The number of Topliss-reactive ketones (excluding diaryl/α,β-unsaturated/α-hetero) is 1. The van der Waals surface area contributed by atoms with Gasteiger partial charge in [0.25, 0.3) is 5.91 Å². The van der Waals surface area contributed by atoms with E-state index in [1.807, 2.05) is 6.07 Å². The van der Waals surface area contributed by atoms with Crippen LogP contribution in [0.2, 0.25) is 0 Å². The molecule has 0 aromatic heterocycles. The van der Waals surface area contributed by atoms with Crippen molar-refractivity contribution in [3.05, 3.63) is 59.7 Å². The third kappa shape index (κ3) is 3.23. The maximum Gasteiger partial charge on any atom is 0.325 e. The van der Waals surface area contributed by atoms with Gasteiger partial charge in [0.1, 0.15) is 5.54 Å². The van der Waals surface area contributed by atoms with Gasteiger partial charge >= 0.3 is 6.03 Å². The highest BCUT2D eigenvalue weighted by Gasteiger charge is 2.49. The highest BCUT2D eigenvalue weighted by molar-refractivity contribution is 6.11. The molecule has 1 aliphatic rings. The Kier molecular flexibility index (Phi) is 4.85. The SMILES string of the molecule is COc1ccc(C(=O)CN2C(=O)N[C@@](C)(c3ccccc3)C2=O)cc1OC. The summed E-state index contributed by atoms with van der Waals surface area (Å²) in [5.41, 5.74) is -0.220. The minimum absolute atomic E-state index is 0.321. The number of imide groups is 1. The number of nitrogens with one attached hydrogen (secondary N) is 1. The average Bonchev–Trinajstić information content (AvgIpc) is 2.92. The molecule has 1 heterocycles. The lowest BCUT2D eigenvalue weighted by molar-refractivity contribution is -0.130. The zero-order chi connectivity index (χ0) is 19.6. The minimum atomic E-state index is -1.20. The molecule has 3 rings (SSSR count).